The van der Waals surface area contributed by atoms with Crippen LogP contribution in [0, 0.1) is 0 Å². The van der Waals surface area contributed by atoms with Crippen LogP contribution in [0.15, 0.2) is 0 Å². The van der Waals surface area contributed by atoms with Crippen LogP contribution in [-0.2, 0) is 19.4 Å². The number of quaternary nitrogens is 1. The molecule has 15 heteroatoms. The van der Waals surface area contributed by atoms with Crippen LogP contribution in [0.2, 0.25) is 0 Å². The van der Waals surface area contributed by atoms with E-state index in [2.05, 4.69) is 0 Å². The van der Waals surface area contributed by atoms with Crippen LogP contribution >= 0.6 is 0 Å². The Morgan fingerprint density at radius 3 is 1.00 bits per heavy atom. The summed E-state index contributed by atoms with van der Waals surface area (Å²) >= 11 is 0. The van der Waals surface area contributed by atoms with Gasteiger partial charge in [-0.2, -0.15) is 0 Å². The number of hydrogen-bond acceptors (Lipinski definition) is 12. The van der Waals surface area contributed by atoms with Gasteiger partial charge in [0.25, 0.3) is 0 Å². The molecule has 0 rings (SSSR count). The van der Waals surface area contributed by atoms with E-state index in [9.17, 15) is 0 Å². The minimum atomic E-state index is -4.86. The number of nitrogens with zero attached hydrogens (tertiary/aromatic N) is 1. The molecule has 7 N–H and O–H groups in total. The van der Waals surface area contributed by atoms with Gasteiger partial charge in [0.15, 0.2) is 0 Å². The molecule has 13 nitrogen and oxygen atoms in total. The first kappa shape index (κ1) is 28.5. The second-order valence-electron chi connectivity index (χ2n) is 3.25. The Morgan fingerprint density at radius 1 is 0.696 bits per heavy atom. The van der Waals surface area contributed by atoms with Crippen molar-refractivity contribution in [3.63, 3.8) is 0 Å². The molecule has 0 aromatic carbocycles. The Bertz CT molecular complexity index is 208. The van der Waals surface area contributed by atoms with Crippen LogP contribution in [0.4, 0.5) is 0 Å². The number of aliphatic hydroxyl groups is 4. The standard InChI is InChI=1S/C8H20NO8.Na.H3O4Si.H/c10-1-5-14-9(15-6-2-11,16-7-3-12)17-8-4-13;;1-5(2,3)4;/h10-13H,1-8H2;;1-3H;/q2*+1;2*-1. The third-order valence-corrected chi connectivity index (χ3v) is 1.36. The SMILES string of the molecule is OCCO[N+](OCCO)(OCCO)OCCO.[H-].[Na+].[O-][Si](O)(O)O. The molecule has 0 saturated carbocycles. The van der Waals surface area contributed by atoms with E-state index in [4.69, 9.17) is 59.0 Å². The van der Waals surface area contributed by atoms with Gasteiger partial charge in [-0.3, -0.25) is 0 Å². The van der Waals surface area contributed by atoms with Crippen molar-refractivity contribution < 1.29 is 95.1 Å². The molecular formula is C8H24NNaO12Si. The fraction of sp³-hybridized carbons (Fsp3) is 1.00. The minimum absolute atomic E-state index is 0. The van der Waals surface area contributed by atoms with E-state index in [0.717, 1.165) is 0 Å². The topological polar surface area (TPSA) is 202 Å². The maximum absolute atomic E-state index is 8.91. The maximum atomic E-state index is 8.91. The summed E-state index contributed by atoms with van der Waals surface area (Å²) in [4.78, 5) is 50.4. The molecule has 0 saturated heterocycles. The molecule has 0 heterocycles. The molecule has 138 valence electrons. The van der Waals surface area contributed by atoms with Crippen molar-refractivity contribution in [2.24, 2.45) is 0 Å². The quantitative estimate of drug-likeness (QED) is 0.0963. The average Bonchev–Trinajstić information content (AvgIpc) is 2.44. The van der Waals surface area contributed by atoms with Gasteiger partial charge in [-0.05, 0) is 0 Å². The van der Waals surface area contributed by atoms with Gasteiger partial charge < -0.3 is 41.0 Å². The second-order valence-corrected chi connectivity index (χ2v) is 4.40. The van der Waals surface area contributed by atoms with Gasteiger partial charge in [-0.1, -0.05) is 19.4 Å². The zero-order chi connectivity index (χ0) is 17.5. The predicted octanol–water partition coefficient (Wildman–Crippen LogP) is -8.63. The van der Waals surface area contributed by atoms with E-state index < -0.39 is 14.2 Å². The van der Waals surface area contributed by atoms with Crippen molar-refractivity contribution in [2.45, 2.75) is 0 Å². The fourth-order valence-corrected chi connectivity index (χ4v) is 0.834. The first-order chi connectivity index (χ1) is 10.2. The van der Waals surface area contributed by atoms with Crippen molar-refractivity contribution in [3.05, 3.63) is 0 Å². The van der Waals surface area contributed by atoms with Crippen molar-refractivity contribution in [2.75, 3.05) is 52.9 Å². The summed E-state index contributed by atoms with van der Waals surface area (Å²) in [5.41, 5.74) is 0. The molecule has 0 aliphatic carbocycles. The third kappa shape index (κ3) is 22.7. The Balaban J connectivity index is -0.000000250. The molecule has 23 heavy (non-hydrogen) atoms. The van der Waals surface area contributed by atoms with Gasteiger partial charge in [-0.15, -0.1) is 0 Å². The molecule has 0 amide bonds. The van der Waals surface area contributed by atoms with Gasteiger partial charge in [0.05, 0.1) is 26.4 Å². The number of rotatable bonds is 12. The van der Waals surface area contributed by atoms with E-state index >= 15 is 0 Å². The number of hydrogen-bond donors (Lipinski definition) is 7. The van der Waals surface area contributed by atoms with E-state index in [1.165, 1.54) is 0 Å². The van der Waals surface area contributed by atoms with Gasteiger partial charge in [0.1, 0.15) is 26.4 Å². The normalized spacial score (nSPS) is 11.5. The Kier molecular flexibility index (Phi) is 21.7. The zero-order valence-corrected chi connectivity index (χ0v) is 15.8. The summed E-state index contributed by atoms with van der Waals surface area (Å²) in [7, 11) is -4.86. The van der Waals surface area contributed by atoms with Crippen molar-refractivity contribution >= 4 is 9.05 Å². The van der Waals surface area contributed by atoms with Crippen LogP contribution in [-0.4, -0.2) is 102 Å². The summed E-state index contributed by atoms with van der Waals surface area (Å²) < 4.78 is 0. The van der Waals surface area contributed by atoms with Crippen molar-refractivity contribution in [1.82, 2.24) is 0 Å². The molecule has 0 fully saturated rings. The minimum Gasteiger partial charge on any atom is -1.00 e. The van der Waals surface area contributed by atoms with Gasteiger partial charge in [-0.25, -0.2) is 0 Å². The first-order valence-electron chi connectivity index (χ1n) is 6.02. The Morgan fingerprint density at radius 2 is 0.870 bits per heavy atom. The molecule has 0 aromatic heterocycles. The van der Waals surface area contributed by atoms with Gasteiger partial charge in [0, 0.05) is 0 Å². The maximum Gasteiger partial charge on any atom is 1.00 e. The molecule has 0 spiro atoms. The molecule has 0 unspecified atom stereocenters. The summed E-state index contributed by atoms with van der Waals surface area (Å²) in [6.07, 6.45) is 0. The van der Waals surface area contributed by atoms with E-state index in [-0.39, 0.29) is 83.8 Å². The Hall–Kier alpha value is 0.697. The summed E-state index contributed by atoms with van der Waals surface area (Å²) in [6.45, 7) is -1.79. The van der Waals surface area contributed by atoms with E-state index in [1.54, 1.807) is 0 Å². The molecular weight excluding hydrogens is 353 g/mol. The molecule has 0 atom stereocenters. The second kappa shape index (κ2) is 17.5. The molecule has 0 aromatic rings. The molecule has 0 aliphatic rings. The fourth-order valence-electron chi connectivity index (χ4n) is 0.834. The average molecular weight is 377 g/mol. The van der Waals surface area contributed by atoms with Gasteiger partial charge >= 0.3 is 38.6 Å². The first-order valence-corrected chi connectivity index (χ1v) is 7.77. The zero-order valence-electron chi connectivity index (χ0n) is 13.8. The van der Waals surface area contributed by atoms with Crippen LogP contribution in [0.1, 0.15) is 1.43 Å². The number of aliphatic hydroxyl groups excluding tert-OH is 4. The summed E-state index contributed by atoms with van der Waals surface area (Å²) in [5.74, 6) is 0. The van der Waals surface area contributed by atoms with Gasteiger partial charge in [0.2, 0.25) is 5.14 Å². The third-order valence-electron chi connectivity index (χ3n) is 1.36. The van der Waals surface area contributed by atoms with Crippen LogP contribution in [0.3, 0.4) is 0 Å². The van der Waals surface area contributed by atoms with Crippen LogP contribution in [0.5, 0.6) is 0 Å². The summed E-state index contributed by atoms with van der Waals surface area (Å²) in [5, 5.41) is 33.4. The van der Waals surface area contributed by atoms with Crippen LogP contribution in [0.25, 0.3) is 0 Å². The smallest absolute Gasteiger partial charge is 1.00 e. The largest absolute Gasteiger partial charge is 1.00 e. The molecule has 0 aliphatic heterocycles. The summed E-state index contributed by atoms with van der Waals surface area (Å²) in [6, 6.07) is 0. The van der Waals surface area contributed by atoms with E-state index in [0.29, 0.717) is 0 Å². The molecule has 0 radical (unpaired) electrons. The predicted molar refractivity (Wildman–Crippen MR) is 65.9 cm³/mol. The van der Waals surface area contributed by atoms with Crippen molar-refractivity contribution in [1.29, 1.82) is 0 Å². The monoisotopic (exact) mass is 377 g/mol. The molecule has 0 bridgehead atoms. The van der Waals surface area contributed by atoms with Crippen LogP contribution < -0.4 is 34.4 Å². The van der Waals surface area contributed by atoms with E-state index in [1.807, 2.05) is 0 Å². The van der Waals surface area contributed by atoms with Crippen molar-refractivity contribution in [3.8, 4) is 0 Å². The Labute approximate surface area is 157 Å².